The molecule has 18 heavy (non-hydrogen) atoms. The Morgan fingerprint density at radius 3 is 2.28 bits per heavy atom. The van der Waals surface area contributed by atoms with Gasteiger partial charge in [0.15, 0.2) is 0 Å². The summed E-state index contributed by atoms with van der Waals surface area (Å²) in [5, 5.41) is 0. The molecule has 1 nitrogen and oxygen atoms in total. The summed E-state index contributed by atoms with van der Waals surface area (Å²) < 4.78 is 0. The summed E-state index contributed by atoms with van der Waals surface area (Å²) in [5.41, 5.74) is 10.2. The van der Waals surface area contributed by atoms with Crippen molar-refractivity contribution in [2.45, 2.75) is 25.3 Å². The minimum atomic E-state index is 0.211. The molecule has 2 aromatic carbocycles. The molecule has 0 amide bonds. The monoisotopic (exact) mass is 237 g/mol. The summed E-state index contributed by atoms with van der Waals surface area (Å²) in [4.78, 5) is 0. The van der Waals surface area contributed by atoms with Gasteiger partial charge in [-0.2, -0.15) is 0 Å². The molecule has 0 radical (unpaired) electrons. The molecule has 1 aliphatic carbocycles. The molecule has 0 spiro atoms. The first-order valence-corrected chi connectivity index (χ1v) is 6.75. The van der Waals surface area contributed by atoms with Crippen LogP contribution in [0.4, 0.5) is 0 Å². The van der Waals surface area contributed by atoms with Crippen molar-refractivity contribution in [2.24, 2.45) is 11.7 Å². The number of benzene rings is 2. The lowest BCUT2D eigenvalue weighted by Crippen LogP contribution is -2.26. The van der Waals surface area contributed by atoms with Gasteiger partial charge in [-0.25, -0.2) is 0 Å². The Balaban J connectivity index is 1.89. The van der Waals surface area contributed by atoms with Crippen molar-refractivity contribution in [1.29, 1.82) is 0 Å². The fraction of sp³-hybridized carbons (Fsp3) is 0.294. The third-order valence-corrected chi connectivity index (χ3v) is 4.04. The molecule has 0 heterocycles. The van der Waals surface area contributed by atoms with E-state index in [-0.39, 0.29) is 6.04 Å². The Morgan fingerprint density at radius 1 is 0.889 bits per heavy atom. The van der Waals surface area contributed by atoms with Crippen LogP contribution in [0.2, 0.25) is 0 Å². The van der Waals surface area contributed by atoms with Gasteiger partial charge in [-0.1, -0.05) is 55.0 Å². The second-order valence-electron chi connectivity index (χ2n) is 5.21. The quantitative estimate of drug-likeness (QED) is 0.852. The molecule has 1 fully saturated rings. The second-order valence-corrected chi connectivity index (χ2v) is 5.21. The molecule has 2 N–H and O–H groups in total. The molecule has 92 valence electrons. The van der Waals surface area contributed by atoms with Crippen molar-refractivity contribution in [1.82, 2.24) is 0 Å². The van der Waals surface area contributed by atoms with Gasteiger partial charge < -0.3 is 5.73 Å². The first-order chi connectivity index (χ1) is 8.84. The Kier molecular flexibility index (Phi) is 3.16. The van der Waals surface area contributed by atoms with Crippen LogP contribution >= 0.6 is 0 Å². The summed E-state index contributed by atoms with van der Waals surface area (Å²) in [5.74, 6) is 0.691. The number of hydrogen-bond acceptors (Lipinski definition) is 1. The smallest absolute Gasteiger partial charge is 0.0323 e. The highest BCUT2D eigenvalue weighted by atomic mass is 14.7. The molecule has 1 atom stereocenters. The highest BCUT2D eigenvalue weighted by Gasteiger charge is 2.25. The molecule has 0 unspecified atom stereocenters. The van der Waals surface area contributed by atoms with Crippen LogP contribution in [-0.4, -0.2) is 0 Å². The minimum absolute atomic E-state index is 0.211. The molecule has 0 bridgehead atoms. The van der Waals surface area contributed by atoms with E-state index >= 15 is 0 Å². The van der Waals surface area contributed by atoms with Crippen LogP contribution in [0, 0.1) is 5.92 Å². The van der Waals surface area contributed by atoms with Crippen molar-refractivity contribution in [3.05, 3.63) is 60.2 Å². The van der Waals surface area contributed by atoms with Crippen LogP contribution in [0.5, 0.6) is 0 Å². The van der Waals surface area contributed by atoms with Gasteiger partial charge in [0.25, 0.3) is 0 Å². The number of hydrogen-bond donors (Lipinski definition) is 1. The predicted octanol–water partition coefficient (Wildman–Crippen LogP) is 4.15. The fourth-order valence-electron chi connectivity index (χ4n) is 2.63. The Labute approximate surface area is 109 Å². The van der Waals surface area contributed by atoms with Crippen LogP contribution in [0.25, 0.3) is 11.1 Å². The maximum Gasteiger partial charge on any atom is 0.0323 e. The standard InChI is InChI=1S/C17H19N/c18-17(14-8-4-9-14)16-11-5-10-15(12-16)13-6-2-1-3-7-13/h1-3,5-7,10-12,14,17H,4,8-9,18H2/t17-/m1/s1. The van der Waals surface area contributed by atoms with E-state index in [2.05, 4.69) is 48.5 Å². The molecule has 1 aliphatic rings. The first kappa shape index (κ1) is 11.5. The fourth-order valence-corrected chi connectivity index (χ4v) is 2.63. The maximum atomic E-state index is 6.35. The molecule has 0 aromatic heterocycles. The van der Waals surface area contributed by atoms with Crippen molar-refractivity contribution in [3.63, 3.8) is 0 Å². The molecule has 0 saturated heterocycles. The van der Waals surface area contributed by atoms with E-state index in [0.717, 1.165) is 0 Å². The van der Waals surface area contributed by atoms with E-state index < -0.39 is 0 Å². The van der Waals surface area contributed by atoms with E-state index in [1.807, 2.05) is 6.07 Å². The third-order valence-electron chi connectivity index (χ3n) is 4.04. The van der Waals surface area contributed by atoms with Gasteiger partial charge in [-0.15, -0.1) is 0 Å². The summed E-state index contributed by atoms with van der Waals surface area (Å²) in [6, 6.07) is 19.4. The molecular weight excluding hydrogens is 218 g/mol. The van der Waals surface area contributed by atoms with Gasteiger partial charge >= 0.3 is 0 Å². The van der Waals surface area contributed by atoms with E-state index in [1.165, 1.54) is 36.0 Å². The zero-order chi connectivity index (χ0) is 12.4. The SMILES string of the molecule is N[C@@H](c1cccc(-c2ccccc2)c1)C1CCC1. The Morgan fingerprint density at radius 2 is 1.61 bits per heavy atom. The van der Waals surface area contributed by atoms with Gasteiger partial charge in [0, 0.05) is 6.04 Å². The zero-order valence-corrected chi connectivity index (χ0v) is 10.5. The van der Waals surface area contributed by atoms with Crippen LogP contribution in [0.1, 0.15) is 30.9 Å². The molecule has 2 aromatic rings. The lowest BCUT2D eigenvalue weighted by atomic mass is 9.77. The second kappa shape index (κ2) is 4.95. The van der Waals surface area contributed by atoms with Crippen molar-refractivity contribution in [2.75, 3.05) is 0 Å². The number of rotatable bonds is 3. The predicted molar refractivity (Wildman–Crippen MR) is 76.1 cm³/mol. The summed E-state index contributed by atoms with van der Waals surface area (Å²) in [6.45, 7) is 0. The zero-order valence-electron chi connectivity index (χ0n) is 10.5. The highest BCUT2D eigenvalue weighted by molar-refractivity contribution is 5.64. The van der Waals surface area contributed by atoms with Gasteiger partial charge in [0.2, 0.25) is 0 Å². The van der Waals surface area contributed by atoms with E-state index in [4.69, 9.17) is 5.73 Å². The molecule has 1 saturated carbocycles. The van der Waals surface area contributed by atoms with Gasteiger partial charge in [-0.3, -0.25) is 0 Å². The third kappa shape index (κ3) is 2.19. The minimum Gasteiger partial charge on any atom is -0.324 e. The average Bonchev–Trinajstić information content (AvgIpc) is 2.38. The van der Waals surface area contributed by atoms with Crippen LogP contribution < -0.4 is 5.73 Å². The van der Waals surface area contributed by atoms with Crippen LogP contribution in [0.3, 0.4) is 0 Å². The van der Waals surface area contributed by atoms with Crippen molar-refractivity contribution >= 4 is 0 Å². The van der Waals surface area contributed by atoms with Gasteiger partial charge in [0.05, 0.1) is 0 Å². The summed E-state index contributed by atoms with van der Waals surface area (Å²) in [6.07, 6.45) is 3.92. The highest BCUT2D eigenvalue weighted by Crippen LogP contribution is 2.36. The molecule has 1 heteroatoms. The topological polar surface area (TPSA) is 26.0 Å². The lowest BCUT2D eigenvalue weighted by molar-refractivity contribution is 0.264. The van der Waals surface area contributed by atoms with E-state index in [0.29, 0.717) is 5.92 Å². The van der Waals surface area contributed by atoms with Gasteiger partial charge in [0.1, 0.15) is 0 Å². The van der Waals surface area contributed by atoms with Crippen LogP contribution in [0.15, 0.2) is 54.6 Å². The molecular formula is C17H19N. The van der Waals surface area contributed by atoms with E-state index in [1.54, 1.807) is 0 Å². The first-order valence-electron chi connectivity index (χ1n) is 6.75. The van der Waals surface area contributed by atoms with Crippen molar-refractivity contribution in [3.8, 4) is 11.1 Å². The molecule has 3 rings (SSSR count). The Bertz CT molecular complexity index is 514. The average molecular weight is 237 g/mol. The normalized spacial score (nSPS) is 17.2. The largest absolute Gasteiger partial charge is 0.324 e. The van der Waals surface area contributed by atoms with Crippen LogP contribution in [-0.2, 0) is 0 Å². The van der Waals surface area contributed by atoms with Crippen molar-refractivity contribution < 1.29 is 0 Å². The maximum absolute atomic E-state index is 6.35. The Hall–Kier alpha value is -1.60. The summed E-state index contributed by atoms with van der Waals surface area (Å²) in [7, 11) is 0. The number of nitrogens with two attached hydrogens (primary N) is 1. The van der Waals surface area contributed by atoms with Gasteiger partial charge in [-0.05, 0) is 41.5 Å². The lowest BCUT2D eigenvalue weighted by Gasteiger charge is -2.31. The van der Waals surface area contributed by atoms with E-state index in [9.17, 15) is 0 Å². The molecule has 0 aliphatic heterocycles. The summed E-state index contributed by atoms with van der Waals surface area (Å²) >= 11 is 0.